The van der Waals surface area contributed by atoms with Crippen LogP contribution in [0.15, 0.2) is 46.9 Å². The van der Waals surface area contributed by atoms with E-state index in [1.165, 1.54) is 0 Å². The molecular weight excluding hydrogens is 286 g/mol. The van der Waals surface area contributed by atoms with Crippen LogP contribution in [0.1, 0.15) is 30.4 Å². The third kappa shape index (κ3) is 5.36. The zero-order chi connectivity index (χ0) is 15.1. The minimum atomic E-state index is -3.21. The van der Waals surface area contributed by atoms with Crippen LogP contribution in [0.2, 0.25) is 0 Å². The normalized spacial score (nSPS) is 11.7. The standard InChI is InChI=1S/C16H21NO3S/c1-2-10-17-11-15-8-9-16(20-15)13-21(18,19)12-14-6-4-3-5-7-14/h3-9,17H,2,10-13H2,1H3. The number of hydrogen-bond donors (Lipinski definition) is 1. The quantitative estimate of drug-likeness (QED) is 0.762. The summed E-state index contributed by atoms with van der Waals surface area (Å²) in [6.45, 7) is 3.64. The van der Waals surface area contributed by atoms with Crippen molar-refractivity contribution >= 4 is 9.84 Å². The van der Waals surface area contributed by atoms with Crippen LogP contribution in [0.25, 0.3) is 0 Å². The lowest BCUT2D eigenvalue weighted by Gasteiger charge is -2.03. The zero-order valence-electron chi connectivity index (χ0n) is 12.2. The molecule has 1 aromatic heterocycles. The molecule has 2 aromatic rings. The van der Waals surface area contributed by atoms with Gasteiger partial charge in [-0.3, -0.25) is 0 Å². The molecule has 0 bridgehead atoms. The van der Waals surface area contributed by atoms with E-state index >= 15 is 0 Å². The van der Waals surface area contributed by atoms with Gasteiger partial charge in [0.05, 0.1) is 12.3 Å². The van der Waals surface area contributed by atoms with E-state index in [9.17, 15) is 8.42 Å². The lowest BCUT2D eigenvalue weighted by atomic mass is 10.2. The van der Waals surface area contributed by atoms with Crippen LogP contribution in [0.3, 0.4) is 0 Å². The van der Waals surface area contributed by atoms with E-state index in [-0.39, 0.29) is 11.5 Å². The Morgan fingerprint density at radius 3 is 2.43 bits per heavy atom. The number of sulfone groups is 1. The van der Waals surface area contributed by atoms with E-state index < -0.39 is 9.84 Å². The molecule has 4 nitrogen and oxygen atoms in total. The van der Waals surface area contributed by atoms with Crippen LogP contribution >= 0.6 is 0 Å². The summed E-state index contributed by atoms with van der Waals surface area (Å²) in [5, 5.41) is 3.22. The Morgan fingerprint density at radius 1 is 1.00 bits per heavy atom. The molecule has 2 rings (SSSR count). The lowest BCUT2D eigenvalue weighted by Crippen LogP contribution is -2.13. The van der Waals surface area contributed by atoms with Crippen molar-refractivity contribution in [3.63, 3.8) is 0 Å². The summed E-state index contributed by atoms with van der Waals surface area (Å²) in [4.78, 5) is 0. The molecule has 1 heterocycles. The summed E-state index contributed by atoms with van der Waals surface area (Å²) in [5.41, 5.74) is 0.800. The van der Waals surface area contributed by atoms with E-state index in [4.69, 9.17) is 4.42 Å². The van der Waals surface area contributed by atoms with Gasteiger partial charge in [0.2, 0.25) is 0 Å². The highest BCUT2D eigenvalue weighted by Crippen LogP contribution is 2.15. The van der Waals surface area contributed by atoms with Crippen molar-refractivity contribution in [3.8, 4) is 0 Å². The van der Waals surface area contributed by atoms with Crippen molar-refractivity contribution < 1.29 is 12.8 Å². The first-order chi connectivity index (χ1) is 10.1. The molecule has 1 aromatic carbocycles. The van der Waals surface area contributed by atoms with Crippen molar-refractivity contribution in [2.75, 3.05) is 6.54 Å². The Bertz CT molecular complexity index is 647. The molecule has 0 saturated heterocycles. The minimum Gasteiger partial charge on any atom is -0.464 e. The SMILES string of the molecule is CCCNCc1ccc(CS(=O)(=O)Cc2ccccc2)o1. The zero-order valence-corrected chi connectivity index (χ0v) is 13.0. The summed E-state index contributed by atoms with van der Waals surface area (Å²) in [7, 11) is -3.21. The van der Waals surface area contributed by atoms with Gasteiger partial charge >= 0.3 is 0 Å². The molecule has 0 fully saturated rings. The molecule has 0 unspecified atom stereocenters. The molecule has 0 radical (unpaired) electrons. The monoisotopic (exact) mass is 307 g/mol. The van der Waals surface area contributed by atoms with Crippen LogP contribution < -0.4 is 5.32 Å². The third-order valence-electron chi connectivity index (χ3n) is 3.03. The van der Waals surface area contributed by atoms with Crippen molar-refractivity contribution in [2.45, 2.75) is 31.4 Å². The highest BCUT2D eigenvalue weighted by molar-refractivity contribution is 7.89. The molecule has 0 aliphatic heterocycles. The second-order valence-electron chi connectivity index (χ2n) is 5.06. The van der Waals surface area contributed by atoms with Crippen molar-refractivity contribution in [2.24, 2.45) is 0 Å². The maximum Gasteiger partial charge on any atom is 0.161 e. The second kappa shape index (κ2) is 7.43. The van der Waals surface area contributed by atoms with Gasteiger partial charge in [0.1, 0.15) is 17.3 Å². The van der Waals surface area contributed by atoms with Crippen LogP contribution in [0.5, 0.6) is 0 Å². The van der Waals surface area contributed by atoms with Crippen LogP contribution in [0.4, 0.5) is 0 Å². The summed E-state index contributed by atoms with van der Waals surface area (Å²) in [6.07, 6.45) is 1.05. The molecule has 0 aliphatic carbocycles. The van der Waals surface area contributed by atoms with Crippen LogP contribution in [0, 0.1) is 0 Å². The fraction of sp³-hybridized carbons (Fsp3) is 0.375. The van der Waals surface area contributed by atoms with Gasteiger partial charge in [0, 0.05) is 0 Å². The Morgan fingerprint density at radius 2 is 1.71 bits per heavy atom. The number of hydrogen-bond acceptors (Lipinski definition) is 4. The smallest absolute Gasteiger partial charge is 0.161 e. The van der Waals surface area contributed by atoms with E-state index in [0.717, 1.165) is 24.3 Å². The number of nitrogens with one attached hydrogen (secondary N) is 1. The molecule has 1 N–H and O–H groups in total. The molecule has 114 valence electrons. The largest absolute Gasteiger partial charge is 0.464 e. The highest BCUT2D eigenvalue weighted by Gasteiger charge is 2.15. The Kier molecular flexibility index (Phi) is 5.59. The third-order valence-corrected chi connectivity index (χ3v) is 4.53. The molecule has 0 atom stereocenters. The van der Waals surface area contributed by atoms with Gasteiger partial charge < -0.3 is 9.73 Å². The Labute approximate surface area is 126 Å². The summed E-state index contributed by atoms with van der Waals surface area (Å²) < 4.78 is 29.9. The van der Waals surface area contributed by atoms with Gasteiger partial charge in [-0.2, -0.15) is 0 Å². The summed E-state index contributed by atoms with van der Waals surface area (Å²) >= 11 is 0. The van der Waals surface area contributed by atoms with E-state index in [2.05, 4.69) is 12.2 Å². The summed E-state index contributed by atoms with van der Waals surface area (Å²) in [6, 6.07) is 12.8. The first kappa shape index (κ1) is 15.8. The minimum absolute atomic E-state index is 0.0396. The van der Waals surface area contributed by atoms with Gasteiger partial charge in [0.15, 0.2) is 9.84 Å². The number of rotatable bonds is 8. The molecule has 21 heavy (non-hydrogen) atoms. The van der Waals surface area contributed by atoms with Crippen LogP contribution in [-0.2, 0) is 27.9 Å². The molecule has 0 aliphatic rings. The van der Waals surface area contributed by atoms with Gasteiger partial charge in [0.25, 0.3) is 0 Å². The molecular formula is C16H21NO3S. The van der Waals surface area contributed by atoms with E-state index in [1.807, 2.05) is 36.4 Å². The Balaban J connectivity index is 1.94. The lowest BCUT2D eigenvalue weighted by molar-refractivity contribution is 0.456. The second-order valence-corrected chi connectivity index (χ2v) is 7.13. The van der Waals surface area contributed by atoms with Gasteiger partial charge in [-0.1, -0.05) is 37.3 Å². The molecule has 0 amide bonds. The highest BCUT2D eigenvalue weighted by atomic mass is 32.2. The fourth-order valence-corrected chi connectivity index (χ4v) is 3.47. The topological polar surface area (TPSA) is 59.3 Å². The predicted octanol–water partition coefficient (Wildman–Crippen LogP) is 2.89. The van der Waals surface area contributed by atoms with E-state index in [0.29, 0.717) is 12.3 Å². The average Bonchev–Trinajstić information content (AvgIpc) is 2.86. The maximum absolute atomic E-state index is 12.2. The van der Waals surface area contributed by atoms with Crippen molar-refractivity contribution in [1.82, 2.24) is 5.32 Å². The Hall–Kier alpha value is -1.59. The van der Waals surface area contributed by atoms with Gasteiger partial charge in [-0.05, 0) is 30.7 Å². The average molecular weight is 307 g/mol. The molecule has 0 spiro atoms. The van der Waals surface area contributed by atoms with Gasteiger partial charge in [-0.25, -0.2) is 8.42 Å². The van der Waals surface area contributed by atoms with E-state index in [1.54, 1.807) is 6.07 Å². The van der Waals surface area contributed by atoms with Gasteiger partial charge in [-0.15, -0.1) is 0 Å². The number of benzene rings is 1. The summed E-state index contributed by atoms with van der Waals surface area (Å²) in [5.74, 6) is 1.25. The van der Waals surface area contributed by atoms with Crippen LogP contribution in [-0.4, -0.2) is 15.0 Å². The van der Waals surface area contributed by atoms with Crippen molar-refractivity contribution in [3.05, 3.63) is 59.5 Å². The number of furan rings is 1. The molecule has 0 saturated carbocycles. The predicted molar refractivity (Wildman–Crippen MR) is 83.5 cm³/mol. The van der Waals surface area contributed by atoms with Crippen molar-refractivity contribution in [1.29, 1.82) is 0 Å². The first-order valence-electron chi connectivity index (χ1n) is 7.12. The maximum atomic E-state index is 12.2. The fourth-order valence-electron chi connectivity index (χ4n) is 2.08. The molecule has 5 heteroatoms. The first-order valence-corrected chi connectivity index (χ1v) is 8.94.